The molecule has 0 saturated carbocycles. The first kappa shape index (κ1) is 18.7. The molecule has 2 amide bonds. The Morgan fingerprint density at radius 1 is 1.08 bits per heavy atom. The topological polar surface area (TPSA) is 53.1 Å². The predicted molar refractivity (Wildman–Crippen MR) is 101 cm³/mol. The molecule has 0 N–H and O–H groups in total. The molecule has 1 aromatic carbocycles. The molecule has 26 heavy (non-hydrogen) atoms. The third-order valence-corrected chi connectivity index (χ3v) is 5.34. The number of carbonyl (C=O) groups excluding carboxylic acids is 2. The van der Waals surface area contributed by atoms with Crippen LogP contribution in [-0.2, 0) is 9.59 Å². The van der Waals surface area contributed by atoms with Gasteiger partial charge in [0.15, 0.2) is 0 Å². The molecule has 3 rings (SSSR count). The number of nitrogens with zero attached hydrogens (tertiary/aromatic N) is 3. The molecule has 1 atom stereocenters. The monoisotopic (exact) mass is 359 g/mol. The van der Waals surface area contributed by atoms with Gasteiger partial charge in [0.2, 0.25) is 11.8 Å². The number of piperazine rings is 1. The molecule has 2 fully saturated rings. The van der Waals surface area contributed by atoms with Crippen LogP contribution in [0.1, 0.15) is 26.7 Å². The van der Waals surface area contributed by atoms with E-state index in [1.807, 2.05) is 12.1 Å². The maximum Gasteiger partial charge on any atom is 0.247 e. The van der Waals surface area contributed by atoms with Crippen molar-refractivity contribution in [2.75, 3.05) is 44.7 Å². The number of amides is 2. The van der Waals surface area contributed by atoms with Crippen molar-refractivity contribution < 1.29 is 14.3 Å². The fourth-order valence-corrected chi connectivity index (χ4v) is 3.66. The molecule has 142 valence electrons. The third kappa shape index (κ3) is 4.01. The summed E-state index contributed by atoms with van der Waals surface area (Å²) in [5, 5.41) is 0. The lowest BCUT2D eigenvalue weighted by Gasteiger charge is -2.38. The molecule has 2 aliphatic heterocycles. The average Bonchev–Trinajstić information content (AvgIpc) is 2.94. The summed E-state index contributed by atoms with van der Waals surface area (Å²) in [4.78, 5) is 30.9. The first-order valence-corrected chi connectivity index (χ1v) is 9.47. The maximum absolute atomic E-state index is 12.7. The van der Waals surface area contributed by atoms with Crippen LogP contribution in [0.4, 0.5) is 5.69 Å². The van der Waals surface area contributed by atoms with Crippen LogP contribution in [0.5, 0.6) is 5.75 Å². The Hall–Kier alpha value is -2.08. The Morgan fingerprint density at radius 3 is 2.31 bits per heavy atom. The lowest BCUT2D eigenvalue weighted by molar-refractivity contribution is -0.139. The van der Waals surface area contributed by atoms with Gasteiger partial charge in [-0.05, 0) is 36.6 Å². The van der Waals surface area contributed by atoms with Crippen molar-refractivity contribution in [3.05, 3.63) is 24.3 Å². The first-order valence-electron chi connectivity index (χ1n) is 9.47. The molecular formula is C20H29N3O3. The minimum absolute atomic E-state index is 0.00597. The zero-order valence-electron chi connectivity index (χ0n) is 16.0. The Labute approximate surface area is 155 Å². The smallest absolute Gasteiger partial charge is 0.247 e. The van der Waals surface area contributed by atoms with Crippen molar-refractivity contribution in [3.8, 4) is 5.75 Å². The summed E-state index contributed by atoms with van der Waals surface area (Å²) in [6, 6.07) is 7.78. The number of benzene rings is 1. The van der Waals surface area contributed by atoms with Gasteiger partial charge in [-0.25, -0.2) is 0 Å². The van der Waals surface area contributed by atoms with Gasteiger partial charge >= 0.3 is 0 Å². The predicted octanol–water partition coefficient (Wildman–Crippen LogP) is 1.99. The second-order valence-corrected chi connectivity index (χ2v) is 7.51. The Balaban J connectivity index is 1.56. The van der Waals surface area contributed by atoms with Gasteiger partial charge < -0.3 is 9.64 Å². The summed E-state index contributed by atoms with van der Waals surface area (Å²) in [6.07, 6.45) is 1.20. The Morgan fingerprint density at radius 2 is 1.73 bits per heavy atom. The molecule has 0 aliphatic carbocycles. The van der Waals surface area contributed by atoms with E-state index in [0.29, 0.717) is 18.9 Å². The number of ether oxygens (including phenoxy) is 1. The van der Waals surface area contributed by atoms with Crippen LogP contribution in [0.2, 0.25) is 0 Å². The van der Waals surface area contributed by atoms with Gasteiger partial charge in [0.1, 0.15) is 5.75 Å². The number of imide groups is 1. The molecule has 0 aromatic heterocycles. The number of rotatable bonds is 6. The van der Waals surface area contributed by atoms with Crippen LogP contribution in [-0.4, -0.2) is 67.5 Å². The van der Waals surface area contributed by atoms with Gasteiger partial charge in [0.05, 0.1) is 19.6 Å². The van der Waals surface area contributed by atoms with Crippen molar-refractivity contribution in [2.45, 2.75) is 32.7 Å². The summed E-state index contributed by atoms with van der Waals surface area (Å²) in [7, 11) is 1.66. The van der Waals surface area contributed by atoms with Crippen LogP contribution in [0.25, 0.3) is 0 Å². The summed E-state index contributed by atoms with van der Waals surface area (Å²) in [6.45, 7) is 8.09. The highest BCUT2D eigenvalue weighted by atomic mass is 16.5. The number of hydrogen-bond donors (Lipinski definition) is 0. The van der Waals surface area contributed by atoms with Crippen molar-refractivity contribution in [2.24, 2.45) is 5.92 Å². The van der Waals surface area contributed by atoms with Gasteiger partial charge in [-0.15, -0.1) is 0 Å². The van der Waals surface area contributed by atoms with Crippen LogP contribution < -0.4 is 9.64 Å². The lowest BCUT2D eigenvalue weighted by atomic mass is 10.1. The van der Waals surface area contributed by atoms with E-state index in [1.165, 1.54) is 4.90 Å². The summed E-state index contributed by atoms with van der Waals surface area (Å²) in [5.74, 6) is 1.32. The van der Waals surface area contributed by atoms with Crippen molar-refractivity contribution in [1.82, 2.24) is 9.80 Å². The van der Waals surface area contributed by atoms with E-state index >= 15 is 0 Å². The van der Waals surface area contributed by atoms with E-state index < -0.39 is 0 Å². The normalized spacial score (nSPS) is 21.8. The molecule has 2 heterocycles. The summed E-state index contributed by atoms with van der Waals surface area (Å²) >= 11 is 0. The third-order valence-electron chi connectivity index (χ3n) is 5.34. The second-order valence-electron chi connectivity index (χ2n) is 7.51. The van der Waals surface area contributed by atoms with Crippen molar-refractivity contribution in [3.63, 3.8) is 0 Å². The minimum Gasteiger partial charge on any atom is -0.497 e. The van der Waals surface area contributed by atoms with Crippen molar-refractivity contribution >= 4 is 17.5 Å². The van der Waals surface area contributed by atoms with E-state index in [1.54, 1.807) is 7.11 Å². The molecule has 0 bridgehead atoms. The van der Waals surface area contributed by atoms with Crippen molar-refractivity contribution in [1.29, 1.82) is 0 Å². The molecular weight excluding hydrogens is 330 g/mol. The van der Waals surface area contributed by atoms with Crippen LogP contribution in [0, 0.1) is 5.92 Å². The van der Waals surface area contributed by atoms with Gasteiger partial charge in [-0.2, -0.15) is 0 Å². The summed E-state index contributed by atoms with van der Waals surface area (Å²) in [5.41, 5.74) is 1.16. The Bertz CT molecular complexity index is 636. The van der Waals surface area contributed by atoms with E-state index in [9.17, 15) is 9.59 Å². The lowest BCUT2D eigenvalue weighted by Crippen LogP contribution is -2.52. The maximum atomic E-state index is 12.7. The van der Waals surface area contributed by atoms with Crippen LogP contribution >= 0.6 is 0 Å². The standard InChI is InChI=1S/C20H29N3O3/c1-15(2)8-9-23-19(24)14-18(20(23)25)22-12-10-21(11-13-22)16-4-6-17(26-3)7-5-16/h4-7,15,18H,8-14H2,1-3H3/t18-/m0/s1. The molecule has 0 radical (unpaired) electrons. The van der Waals surface area contributed by atoms with E-state index in [2.05, 4.69) is 35.8 Å². The van der Waals surface area contributed by atoms with Crippen LogP contribution in [0.3, 0.4) is 0 Å². The molecule has 1 aromatic rings. The van der Waals surface area contributed by atoms with Crippen LogP contribution in [0.15, 0.2) is 24.3 Å². The number of likely N-dealkylation sites (tertiary alicyclic amines) is 1. The highest BCUT2D eigenvalue weighted by molar-refractivity contribution is 6.05. The fraction of sp³-hybridized carbons (Fsp3) is 0.600. The SMILES string of the molecule is COc1ccc(N2CCN([C@H]3CC(=O)N(CCC(C)C)C3=O)CC2)cc1. The molecule has 2 aliphatic rings. The molecule has 0 spiro atoms. The molecule has 2 saturated heterocycles. The number of hydrogen-bond acceptors (Lipinski definition) is 5. The zero-order chi connectivity index (χ0) is 18.7. The molecule has 0 unspecified atom stereocenters. The highest BCUT2D eigenvalue weighted by Crippen LogP contribution is 2.24. The van der Waals surface area contributed by atoms with Gasteiger partial charge in [0, 0.05) is 38.4 Å². The van der Waals surface area contributed by atoms with E-state index in [-0.39, 0.29) is 17.9 Å². The number of anilines is 1. The largest absolute Gasteiger partial charge is 0.497 e. The fourth-order valence-electron chi connectivity index (χ4n) is 3.66. The quantitative estimate of drug-likeness (QED) is 0.727. The van der Waals surface area contributed by atoms with E-state index in [4.69, 9.17) is 4.74 Å². The van der Waals surface area contributed by atoms with Gasteiger partial charge in [-0.3, -0.25) is 19.4 Å². The summed E-state index contributed by atoms with van der Waals surface area (Å²) < 4.78 is 5.21. The van der Waals surface area contributed by atoms with E-state index in [0.717, 1.165) is 44.0 Å². The molecule has 6 heteroatoms. The zero-order valence-corrected chi connectivity index (χ0v) is 16.0. The first-order chi connectivity index (χ1) is 12.5. The number of carbonyl (C=O) groups is 2. The average molecular weight is 359 g/mol. The number of methoxy groups -OCH3 is 1. The molecule has 6 nitrogen and oxygen atoms in total. The Kier molecular flexibility index (Phi) is 5.81. The highest BCUT2D eigenvalue weighted by Gasteiger charge is 2.42. The van der Waals surface area contributed by atoms with Gasteiger partial charge in [-0.1, -0.05) is 13.8 Å². The minimum atomic E-state index is -0.271. The second kappa shape index (κ2) is 8.08. The van der Waals surface area contributed by atoms with Gasteiger partial charge in [0.25, 0.3) is 0 Å².